The minimum atomic E-state index is -0.113. The summed E-state index contributed by atoms with van der Waals surface area (Å²) >= 11 is 1.53. The fourth-order valence-corrected chi connectivity index (χ4v) is 5.06. The molecule has 0 atom stereocenters. The van der Waals surface area contributed by atoms with Crippen molar-refractivity contribution in [2.45, 2.75) is 51.6 Å². The van der Waals surface area contributed by atoms with Gasteiger partial charge in [0.1, 0.15) is 5.70 Å². The molecule has 146 valence electrons. The summed E-state index contributed by atoms with van der Waals surface area (Å²) in [5.41, 5.74) is 2.30. The lowest BCUT2D eigenvalue weighted by Crippen LogP contribution is -2.43. The number of thiophene rings is 1. The number of hydrogen-bond acceptors (Lipinski definition) is 4. The quantitative estimate of drug-likeness (QED) is 0.668. The fraction of sp³-hybridized carbons (Fsp3) is 0.391. The maximum absolute atomic E-state index is 13.5. The van der Waals surface area contributed by atoms with E-state index >= 15 is 0 Å². The first-order valence-corrected chi connectivity index (χ1v) is 11.0. The zero-order valence-electron chi connectivity index (χ0n) is 16.3. The van der Waals surface area contributed by atoms with Gasteiger partial charge in [-0.2, -0.15) is 0 Å². The van der Waals surface area contributed by atoms with Crippen molar-refractivity contribution < 1.29 is 9.59 Å². The molecule has 1 fully saturated rings. The number of carbonyl (C=O) groups excluding carboxylic acids is 2. The van der Waals surface area contributed by atoms with Crippen molar-refractivity contribution in [3.63, 3.8) is 0 Å². The van der Waals surface area contributed by atoms with E-state index in [2.05, 4.69) is 17.0 Å². The molecular formula is C23H26N2O2S. The first kappa shape index (κ1) is 18.9. The Morgan fingerprint density at radius 2 is 1.75 bits per heavy atom. The molecule has 0 saturated heterocycles. The third-order valence-electron chi connectivity index (χ3n) is 5.71. The molecule has 4 rings (SSSR count). The third-order valence-corrected chi connectivity index (χ3v) is 6.60. The van der Waals surface area contributed by atoms with Gasteiger partial charge in [0, 0.05) is 24.0 Å². The molecule has 2 amide bonds. The van der Waals surface area contributed by atoms with Crippen LogP contribution >= 0.6 is 11.3 Å². The second-order valence-electron chi connectivity index (χ2n) is 7.47. The van der Waals surface area contributed by atoms with Gasteiger partial charge in [-0.05, 0) is 36.8 Å². The van der Waals surface area contributed by atoms with Crippen molar-refractivity contribution in [2.75, 3.05) is 6.54 Å². The Morgan fingerprint density at radius 3 is 2.39 bits per heavy atom. The van der Waals surface area contributed by atoms with E-state index in [9.17, 15) is 9.59 Å². The average Bonchev–Trinajstić information content (AvgIpc) is 3.34. The van der Waals surface area contributed by atoms with Crippen LogP contribution in [0.4, 0.5) is 0 Å². The van der Waals surface area contributed by atoms with Crippen LogP contribution in [0, 0.1) is 0 Å². The van der Waals surface area contributed by atoms with Crippen molar-refractivity contribution >= 4 is 28.7 Å². The molecule has 0 spiro atoms. The molecule has 5 heteroatoms. The number of carbonyl (C=O) groups is 2. The van der Waals surface area contributed by atoms with E-state index in [1.807, 2.05) is 42.6 Å². The predicted octanol–water partition coefficient (Wildman–Crippen LogP) is 4.68. The van der Waals surface area contributed by atoms with Crippen LogP contribution < -0.4 is 0 Å². The molecule has 2 heterocycles. The Kier molecular flexibility index (Phi) is 5.62. The van der Waals surface area contributed by atoms with Crippen LogP contribution in [-0.4, -0.2) is 34.2 Å². The summed E-state index contributed by atoms with van der Waals surface area (Å²) in [6.07, 6.45) is 5.22. The molecule has 1 aliphatic carbocycles. The summed E-state index contributed by atoms with van der Waals surface area (Å²) in [5.74, 6) is -0.223. The van der Waals surface area contributed by atoms with Crippen molar-refractivity contribution in [1.29, 1.82) is 0 Å². The van der Waals surface area contributed by atoms with E-state index in [-0.39, 0.29) is 17.9 Å². The van der Waals surface area contributed by atoms with E-state index < -0.39 is 0 Å². The SMILES string of the molecule is CCN(Cc1ccccc1)C1=C(c2cccs2)C(=O)N(C2CCCCC2)C1=O. The normalized spacial score (nSPS) is 18.2. The van der Waals surface area contributed by atoms with Gasteiger partial charge in [-0.15, -0.1) is 11.3 Å². The molecule has 0 radical (unpaired) electrons. The zero-order chi connectivity index (χ0) is 19.5. The molecule has 1 aliphatic heterocycles. The number of imide groups is 1. The van der Waals surface area contributed by atoms with Crippen LogP contribution in [0.15, 0.2) is 53.5 Å². The largest absolute Gasteiger partial charge is 0.362 e. The van der Waals surface area contributed by atoms with E-state index in [0.29, 0.717) is 24.4 Å². The van der Waals surface area contributed by atoms with Crippen LogP contribution in [0.25, 0.3) is 5.57 Å². The first-order valence-electron chi connectivity index (χ1n) is 10.2. The minimum Gasteiger partial charge on any atom is -0.362 e. The number of amides is 2. The fourth-order valence-electron chi connectivity index (χ4n) is 4.29. The molecule has 1 saturated carbocycles. The van der Waals surface area contributed by atoms with E-state index in [1.54, 1.807) is 4.90 Å². The molecule has 4 nitrogen and oxygen atoms in total. The number of rotatable bonds is 6. The lowest BCUT2D eigenvalue weighted by atomic mass is 9.94. The predicted molar refractivity (Wildman–Crippen MR) is 112 cm³/mol. The van der Waals surface area contributed by atoms with Gasteiger partial charge >= 0.3 is 0 Å². The monoisotopic (exact) mass is 394 g/mol. The van der Waals surface area contributed by atoms with Gasteiger partial charge in [-0.1, -0.05) is 55.7 Å². The van der Waals surface area contributed by atoms with Crippen molar-refractivity contribution in [3.05, 3.63) is 64.0 Å². The Bertz CT molecular complexity index is 867. The molecule has 1 aromatic carbocycles. The average molecular weight is 395 g/mol. The number of benzene rings is 1. The molecular weight excluding hydrogens is 368 g/mol. The second-order valence-corrected chi connectivity index (χ2v) is 8.42. The minimum absolute atomic E-state index is 0.0386. The Morgan fingerprint density at radius 1 is 1.00 bits per heavy atom. The van der Waals surface area contributed by atoms with Crippen LogP contribution in [0.2, 0.25) is 0 Å². The molecule has 2 aliphatic rings. The summed E-state index contributed by atoms with van der Waals surface area (Å²) in [4.78, 5) is 31.5. The molecule has 1 aromatic heterocycles. The lowest BCUT2D eigenvalue weighted by Gasteiger charge is -2.31. The maximum Gasteiger partial charge on any atom is 0.278 e. The van der Waals surface area contributed by atoms with Crippen molar-refractivity contribution in [3.8, 4) is 0 Å². The number of hydrogen-bond donors (Lipinski definition) is 0. The van der Waals surface area contributed by atoms with Gasteiger partial charge in [0.2, 0.25) is 0 Å². The topological polar surface area (TPSA) is 40.6 Å². The van der Waals surface area contributed by atoms with Gasteiger partial charge in [-0.25, -0.2) is 0 Å². The highest BCUT2D eigenvalue weighted by Gasteiger charge is 2.44. The molecule has 0 bridgehead atoms. The highest BCUT2D eigenvalue weighted by Crippen LogP contribution is 2.37. The molecule has 28 heavy (non-hydrogen) atoms. The van der Waals surface area contributed by atoms with Crippen LogP contribution in [0.3, 0.4) is 0 Å². The smallest absolute Gasteiger partial charge is 0.278 e. The van der Waals surface area contributed by atoms with Gasteiger partial charge in [-0.3, -0.25) is 14.5 Å². The highest BCUT2D eigenvalue weighted by molar-refractivity contribution is 7.11. The summed E-state index contributed by atoms with van der Waals surface area (Å²) < 4.78 is 0. The van der Waals surface area contributed by atoms with E-state index in [4.69, 9.17) is 0 Å². The van der Waals surface area contributed by atoms with Crippen molar-refractivity contribution in [1.82, 2.24) is 9.80 Å². The maximum atomic E-state index is 13.5. The Hall–Kier alpha value is -2.40. The van der Waals surface area contributed by atoms with E-state index in [0.717, 1.165) is 36.1 Å². The number of nitrogens with zero attached hydrogens (tertiary/aromatic N) is 2. The molecule has 0 unspecified atom stereocenters. The zero-order valence-corrected chi connectivity index (χ0v) is 17.1. The third kappa shape index (κ3) is 3.51. The lowest BCUT2D eigenvalue weighted by molar-refractivity contribution is -0.141. The van der Waals surface area contributed by atoms with Gasteiger partial charge in [0.15, 0.2) is 0 Å². The second kappa shape index (κ2) is 8.31. The van der Waals surface area contributed by atoms with Gasteiger partial charge in [0.05, 0.1) is 5.57 Å². The summed E-state index contributed by atoms with van der Waals surface area (Å²) in [5, 5.41) is 1.97. The Balaban J connectivity index is 1.73. The van der Waals surface area contributed by atoms with E-state index in [1.165, 1.54) is 17.8 Å². The standard InChI is InChI=1S/C23H26N2O2S/c1-2-24(16-17-10-5-3-6-11-17)21-20(19-14-9-15-28-19)22(26)25(23(21)27)18-12-7-4-8-13-18/h3,5-6,9-11,14-15,18H,2,4,7-8,12-13,16H2,1H3. The number of likely N-dealkylation sites (N-methyl/N-ethyl adjacent to an activating group) is 1. The van der Waals surface area contributed by atoms with Crippen LogP contribution in [-0.2, 0) is 16.1 Å². The molecule has 2 aromatic rings. The highest BCUT2D eigenvalue weighted by atomic mass is 32.1. The first-order chi connectivity index (χ1) is 13.7. The van der Waals surface area contributed by atoms with Gasteiger partial charge in [0.25, 0.3) is 11.8 Å². The Labute approximate surface area is 170 Å². The van der Waals surface area contributed by atoms with Crippen molar-refractivity contribution in [2.24, 2.45) is 0 Å². The summed E-state index contributed by atoms with van der Waals surface area (Å²) in [6.45, 7) is 3.35. The molecule has 0 N–H and O–H groups in total. The van der Waals surface area contributed by atoms with Crippen LogP contribution in [0.5, 0.6) is 0 Å². The summed E-state index contributed by atoms with van der Waals surface area (Å²) in [7, 11) is 0. The van der Waals surface area contributed by atoms with Crippen LogP contribution in [0.1, 0.15) is 49.5 Å². The van der Waals surface area contributed by atoms with Gasteiger partial charge < -0.3 is 4.90 Å². The summed E-state index contributed by atoms with van der Waals surface area (Å²) in [6, 6.07) is 14.1.